The SMILES string of the molecule is CC/C=C/[C](C)CC. The molecule has 0 atom stereocenters. The van der Waals surface area contributed by atoms with Crippen molar-refractivity contribution < 1.29 is 0 Å². The molecule has 0 saturated heterocycles. The van der Waals surface area contributed by atoms with Crippen LogP contribution in [0.3, 0.4) is 0 Å². The van der Waals surface area contributed by atoms with Crippen molar-refractivity contribution >= 4 is 0 Å². The van der Waals surface area contributed by atoms with Gasteiger partial charge in [0.15, 0.2) is 0 Å². The van der Waals surface area contributed by atoms with Gasteiger partial charge in [-0.05, 0) is 18.8 Å². The third-order valence-corrected chi connectivity index (χ3v) is 1.20. The van der Waals surface area contributed by atoms with Crippen LogP contribution in [0.2, 0.25) is 0 Å². The molecule has 0 heteroatoms. The lowest BCUT2D eigenvalue weighted by atomic mass is 10.1. The first-order valence-electron chi connectivity index (χ1n) is 3.30. The Morgan fingerprint density at radius 1 is 1.38 bits per heavy atom. The van der Waals surface area contributed by atoms with Gasteiger partial charge in [0, 0.05) is 0 Å². The Morgan fingerprint density at radius 3 is 2.38 bits per heavy atom. The van der Waals surface area contributed by atoms with Crippen LogP contribution in [-0.2, 0) is 0 Å². The van der Waals surface area contributed by atoms with Crippen molar-refractivity contribution in [3.8, 4) is 0 Å². The highest BCUT2D eigenvalue weighted by atomic mass is 13.9. The van der Waals surface area contributed by atoms with E-state index < -0.39 is 0 Å². The van der Waals surface area contributed by atoms with Crippen LogP contribution in [-0.4, -0.2) is 0 Å². The molecule has 0 fully saturated rings. The molecule has 0 aliphatic heterocycles. The van der Waals surface area contributed by atoms with E-state index in [2.05, 4.69) is 32.9 Å². The molecule has 0 aromatic carbocycles. The van der Waals surface area contributed by atoms with Crippen LogP contribution in [0.15, 0.2) is 12.2 Å². The Balaban J connectivity index is 3.21. The van der Waals surface area contributed by atoms with Crippen LogP contribution in [0.5, 0.6) is 0 Å². The van der Waals surface area contributed by atoms with Crippen LogP contribution in [0.1, 0.15) is 33.6 Å². The first-order valence-corrected chi connectivity index (χ1v) is 3.30. The largest absolute Gasteiger partial charge is 0.0882 e. The van der Waals surface area contributed by atoms with Gasteiger partial charge in [-0.1, -0.05) is 32.9 Å². The van der Waals surface area contributed by atoms with Gasteiger partial charge >= 0.3 is 0 Å². The summed E-state index contributed by atoms with van der Waals surface area (Å²) in [5.74, 6) is 1.46. The lowest BCUT2D eigenvalue weighted by Gasteiger charge is -1.95. The second-order valence-electron chi connectivity index (χ2n) is 2.01. The number of hydrogen-bond donors (Lipinski definition) is 0. The maximum atomic E-state index is 2.19. The summed E-state index contributed by atoms with van der Waals surface area (Å²) in [4.78, 5) is 0. The Labute approximate surface area is 52.6 Å². The molecule has 8 heavy (non-hydrogen) atoms. The van der Waals surface area contributed by atoms with E-state index >= 15 is 0 Å². The van der Waals surface area contributed by atoms with E-state index in [9.17, 15) is 0 Å². The molecular weight excluding hydrogens is 96.1 g/mol. The number of allylic oxidation sites excluding steroid dienone is 2. The van der Waals surface area contributed by atoms with Gasteiger partial charge in [-0.25, -0.2) is 0 Å². The summed E-state index contributed by atoms with van der Waals surface area (Å²) < 4.78 is 0. The third kappa shape index (κ3) is 3.91. The highest BCUT2D eigenvalue weighted by Gasteiger charge is 1.87. The maximum Gasteiger partial charge on any atom is -0.00610 e. The molecule has 0 spiro atoms. The number of hydrogen-bond acceptors (Lipinski definition) is 0. The van der Waals surface area contributed by atoms with E-state index in [-0.39, 0.29) is 0 Å². The predicted molar refractivity (Wildman–Crippen MR) is 38.6 cm³/mol. The van der Waals surface area contributed by atoms with Crippen LogP contribution in [0.25, 0.3) is 0 Å². The zero-order valence-electron chi connectivity index (χ0n) is 6.07. The van der Waals surface area contributed by atoms with Crippen LogP contribution >= 0.6 is 0 Å². The molecule has 0 amide bonds. The van der Waals surface area contributed by atoms with Crippen molar-refractivity contribution in [2.75, 3.05) is 0 Å². The van der Waals surface area contributed by atoms with Crippen LogP contribution in [0, 0.1) is 5.92 Å². The molecule has 0 saturated carbocycles. The van der Waals surface area contributed by atoms with Gasteiger partial charge in [0.25, 0.3) is 0 Å². The zero-order chi connectivity index (χ0) is 6.41. The molecule has 0 heterocycles. The topological polar surface area (TPSA) is 0 Å². The van der Waals surface area contributed by atoms with Gasteiger partial charge in [-0.15, -0.1) is 0 Å². The average molecular weight is 111 g/mol. The van der Waals surface area contributed by atoms with E-state index in [1.807, 2.05) is 0 Å². The molecule has 0 nitrogen and oxygen atoms in total. The molecule has 0 aliphatic carbocycles. The molecule has 1 radical (unpaired) electrons. The lowest BCUT2D eigenvalue weighted by Crippen LogP contribution is -1.79. The minimum absolute atomic E-state index is 1.15. The monoisotopic (exact) mass is 111 g/mol. The van der Waals surface area contributed by atoms with Crippen molar-refractivity contribution in [2.45, 2.75) is 33.6 Å². The van der Waals surface area contributed by atoms with Crippen molar-refractivity contribution in [3.05, 3.63) is 18.1 Å². The van der Waals surface area contributed by atoms with Gasteiger partial charge in [0.05, 0.1) is 0 Å². The minimum atomic E-state index is 1.15. The van der Waals surface area contributed by atoms with E-state index in [1.165, 1.54) is 12.3 Å². The highest BCUT2D eigenvalue weighted by Crippen LogP contribution is 2.04. The normalized spacial score (nSPS) is 11.5. The summed E-state index contributed by atoms with van der Waals surface area (Å²) in [6.45, 7) is 6.49. The summed E-state index contributed by atoms with van der Waals surface area (Å²) in [6, 6.07) is 0. The third-order valence-electron chi connectivity index (χ3n) is 1.20. The molecule has 47 valence electrons. The van der Waals surface area contributed by atoms with E-state index in [0.29, 0.717) is 0 Å². The zero-order valence-corrected chi connectivity index (χ0v) is 6.07. The standard InChI is InChI=1S/C8H15/c1-4-6-7-8(3)5-2/h6-7H,4-5H2,1-3H3/b7-6+. The van der Waals surface area contributed by atoms with Crippen LogP contribution < -0.4 is 0 Å². The fourth-order valence-corrected chi connectivity index (χ4v) is 0.437. The Morgan fingerprint density at radius 2 is 2.00 bits per heavy atom. The molecule has 0 bridgehead atoms. The molecule has 0 N–H and O–H groups in total. The first kappa shape index (κ1) is 7.74. The quantitative estimate of drug-likeness (QED) is 0.525. The fraction of sp³-hybridized carbons (Fsp3) is 0.625. The Kier molecular flexibility index (Phi) is 4.73. The fourth-order valence-electron chi connectivity index (χ4n) is 0.437. The average Bonchev–Trinajstić information content (AvgIpc) is 1.83. The molecule has 0 unspecified atom stereocenters. The second-order valence-corrected chi connectivity index (χ2v) is 2.01. The van der Waals surface area contributed by atoms with Crippen molar-refractivity contribution in [1.29, 1.82) is 0 Å². The van der Waals surface area contributed by atoms with Crippen LogP contribution in [0.4, 0.5) is 0 Å². The molecule has 0 aliphatic rings. The molecular formula is C8H15. The summed E-state index contributed by atoms with van der Waals surface area (Å²) in [7, 11) is 0. The van der Waals surface area contributed by atoms with Gasteiger partial charge in [0.1, 0.15) is 0 Å². The van der Waals surface area contributed by atoms with E-state index in [0.717, 1.165) is 6.42 Å². The van der Waals surface area contributed by atoms with E-state index in [1.54, 1.807) is 0 Å². The lowest BCUT2D eigenvalue weighted by molar-refractivity contribution is 0.979. The van der Waals surface area contributed by atoms with Gasteiger partial charge in [0.2, 0.25) is 0 Å². The second kappa shape index (κ2) is 4.89. The summed E-state index contributed by atoms with van der Waals surface area (Å²) in [5.41, 5.74) is 0. The van der Waals surface area contributed by atoms with Crippen molar-refractivity contribution in [3.63, 3.8) is 0 Å². The van der Waals surface area contributed by atoms with E-state index in [4.69, 9.17) is 0 Å². The number of rotatable bonds is 3. The highest BCUT2D eigenvalue weighted by molar-refractivity contribution is 5.05. The first-order chi connectivity index (χ1) is 3.81. The Hall–Kier alpha value is -0.260. The van der Waals surface area contributed by atoms with Crippen molar-refractivity contribution in [2.24, 2.45) is 0 Å². The Bertz CT molecular complexity index is 62.4. The molecule has 0 aromatic heterocycles. The molecule has 0 rings (SSSR count). The maximum absolute atomic E-state index is 2.19. The van der Waals surface area contributed by atoms with Gasteiger partial charge < -0.3 is 0 Å². The minimum Gasteiger partial charge on any atom is -0.0882 e. The van der Waals surface area contributed by atoms with Crippen molar-refractivity contribution in [1.82, 2.24) is 0 Å². The molecule has 0 aromatic rings. The summed E-state index contributed by atoms with van der Waals surface area (Å²) >= 11 is 0. The predicted octanol–water partition coefficient (Wildman–Crippen LogP) is 2.96. The summed E-state index contributed by atoms with van der Waals surface area (Å²) in [6.07, 6.45) is 6.71. The van der Waals surface area contributed by atoms with Gasteiger partial charge in [-0.2, -0.15) is 0 Å². The smallest absolute Gasteiger partial charge is 0.00610 e. The summed E-state index contributed by atoms with van der Waals surface area (Å²) in [5, 5.41) is 0. The van der Waals surface area contributed by atoms with Gasteiger partial charge in [-0.3, -0.25) is 0 Å².